The Kier molecular flexibility index (Phi) is 8.26. The molecule has 0 saturated heterocycles. The molecule has 0 fully saturated rings. The Morgan fingerprint density at radius 3 is 1.52 bits per heavy atom. The van der Waals surface area contributed by atoms with Crippen molar-refractivity contribution in [1.82, 2.24) is 13.7 Å². The number of fused-ring (bicyclic) bond motifs is 8. The largest absolute Gasteiger partial charge is 0.310 e. The third-order valence-electron chi connectivity index (χ3n) is 12.5. The molecule has 3 aromatic heterocycles. The van der Waals surface area contributed by atoms with Gasteiger partial charge in [-0.3, -0.25) is 0 Å². The van der Waals surface area contributed by atoms with Gasteiger partial charge in [-0.2, -0.15) is 0 Å². The van der Waals surface area contributed by atoms with Crippen LogP contribution in [0.4, 0.5) is 17.1 Å². The molecule has 0 atom stereocenters. The lowest BCUT2D eigenvalue weighted by molar-refractivity contribution is 1.12. The van der Waals surface area contributed by atoms with E-state index >= 15 is 0 Å². The average molecular weight is 795 g/mol. The number of hydrogen-bond donors (Lipinski definition) is 0. The second-order valence-electron chi connectivity index (χ2n) is 16.4. The van der Waals surface area contributed by atoms with Crippen molar-refractivity contribution >= 4 is 71.6 Å². The van der Waals surface area contributed by atoms with E-state index in [9.17, 15) is 0 Å². The Hall–Kier alpha value is -8.08. The van der Waals surface area contributed by atoms with Crippen LogP contribution in [0.3, 0.4) is 0 Å². The highest BCUT2D eigenvalue weighted by atomic mass is 15.1. The Morgan fingerprint density at radius 1 is 0.323 bits per heavy atom. The number of hydrogen-bond acceptors (Lipinski definition) is 1. The van der Waals surface area contributed by atoms with Crippen LogP contribution in [0, 0.1) is 13.8 Å². The molecule has 0 saturated carbocycles. The van der Waals surface area contributed by atoms with E-state index in [0.29, 0.717) is 0 Å². The SMILES string of the molecule is Cc1ccc(N(c2ccc(-n3c4ccccc4c4ccc5cc(-c6ccccc6)n(-c6ccccc6)c5c43)cc2)c2ccc3c(c2)c2ccccc2n3-c2ccc(C)cc2)cc1. The van der Waals surface area contributed by atoms with Gasteiger partial charge in [0.1, 0.15) is 0 Å². The summed E-state index contributed by atoms with van der Waals surface area (Å²) in [6.07, 6.45) is 0. The maximum Gasteiger partial charge on any atom is 0.0788 e. The molecule has 62 heavy (non-hydrogen) atoms. The van der Waals surface area contributed by atoms with E-state index in [4.69, 9.17) is 0 Å². The highest BCUT2D eigenvalue weighted by Crippen LogP contribution is 2.43. The zero-order valence-electron chi connectivity index (χ0n) is 34.6. The maximum absolute atomic E-state index is 2.47. The van der Waals surface area contributed by atoms with Crippen molar-refractivity contribution in [3.63, 3.8) is 0 Å². The van der Waals surface area contributed by atoms with Crippen LogP contribution in [0.5, 0.6) is 0 Å². The van der Waals surface area contributed by atoms with E-state index in [1.54, 1.807) is 0 Å². The van der Waals surface area contributed by atoms with Gasteiger partial charge in [0.2, 0.25) is 0 Å². The van der Waals surface area contributed by atoms with Crippen LogP contribution in [0.25, 0.3) is 82.8 Å². The lowest BCUT2D eigenvalue weighted by atomic mass is 10.1. The van der Waals surface area contributed by atoms with Crippen molar-refractivity contribution < 1.29 is 0 Å². The number of aryl methyl sites for hydroxylation is 2. The number of para-hydroxylation sites is 3. The highest BCUT2D eigenvalue weighted by molar-refractivity contribution is 6.19. The van der Waals surface area contributed by atoms with Gasteiger partial charge in [0.05, 0.1) is 33.3 Å². The molecule has 12 aromatic rings. The topological polar surface area (TPSA) is 18.0 Å². The summed E-state index contributed by atoms with van der Waals surface area (Å²) in [5, 5.41) is 6.11. The molecule has 0 aliphatic carbocycles. The van der Waals surface area contributed by atoms with E-state index in [0.717, 1.165) is 34.1 Å². The molecule has 0 aliphatic rings. The summed E-state index contributed by atoms with van der Waals surface area (Å²) in [5.74, 6) is 0. The van der Waals surface area contributed by atoms with Gasteiger partial charge < -0.3 is 18.6 Å². The number of rotatable bonds is 7. The summed E-state index contributed by atoms with van der Waals surface area (Å²) in [7, 11) is 0. The normalized spacial score (nSPS) is 11.7. The lowest BCUT2D eigenvalue weighted by Crippen LogP contribution is -2.10. The maximum atomic E-state index is 2.47. The van der Waals surface area contributed by atoms with Gasteiger partial charge in [-0.05, 0) is 116 Å². The fraction of sp³-hybridized carbons (Fsp3) is 0.0345. The molecule has 9 aromatic carbocycles. The third-order valence-corrected chi connectivity index (χ3v) is 12.5. The van der Waals surface area contributed by atoms with Crippen molar-refractivity contribution in [3.8, 4) is 28.3 Å². The second-order valence-corrected chi connectivity index (χ2v) is 16.4. The Bertz CT molecular complexity index is 3610. The molecular weight excluding hydrogens is 753 g/mol. The predicted octanol–water partition coefficient (Wildman–Crippen LogP) is 15.6. The van der Waals surface area contributed by atoms with Crippen molar-refractivity contribution in [3.05, 3.63) is 230 Å². The zero-order valence-corrected chi connectivity index (χ0v) is 34.6. The van der Waals surface area contributed by atoms with Gasteiger partial charge in [-0.1, -0.05) is 132 Å². The minimum atomic E-state index is 1.09. The van der Waals surface area contributed by atoms with Gasteiger partial charge in [0.15, 0.2) is 0 Å². The lowest BCUT2D eigenvalue weighted by Gasteiger charge is -2.26. The molecule has 3 heterocycles. The summed E-state index contributed by atoms with van der Waals surface area (Å²) < 4.78 is 7.30. The van der Waals surface area contributed by atoms with Gasteiger partial charge in [0.25, 0.3) is 0 Å². The first-order valence-electron chi connectivity index (χ1n) is 21.3. The van der Waals surface area contributed by atoms with Crippen molar-refractivity contribution in [2.24, 2.45) is 0 Å². The second kappa shape index (κ2) is 14.3. The van der Waals surface area contributed by atoms with Crippen molar-refractivity contribution in [2.75, 3.05) is 4.90 Å². The molecule has 4 nitrogen and oxygen atoms in total. The Morgan fingerprint density at radius 2 is 0.823 bits per heavy atom. The quantitative estimate of drug-likeness (QED) is 0.157. The fourth-order valence-corrected chi connectivity index (χ4v) is 9.64. The number of nitrogens with zero attached hydrogens (tertiary/aromatic N) is 4. The van der Waals surface area contributed by atoms with Crippen molar-refractivity contribution in [2.45, 2.75) is 13.8 Å². The summed E-state index contributed by atoms with van der Waals surface area (Å²) in [6.45, 7) is 4.29. The molecular formula is C58H42N4. The van der Waals surface area contributed by atoms with E-state index in [1.807, 2.05) is 0 Å². The first-order valence-corrected chi connectivity index (χ1v) is 21.3. The molecule has 294 valence electrons. The molecule has 0 N–H and O–H groups in total. The first kappa shape index (κ1) is 35.8. The predicted molar refractivity (Wildman–Crippen MR) is 262 cm³/mol. The summed E-state index contributed by atoms with van der Waals surface area (Å²) >= 11 is 0. The number of anilines is 3. The van der Waals surface area contributed by atoms with Crippen LogP contribution < -0.4 is 4.90 Å². The summed E-state index contributed by atoms with van der Waals surface area (Å²) in [4.78, 5) is 2.39. The van der Waals surface area contributed by atoms with Crippen LogP contribution in [-0.4, -0.2) is 13.7 Å². The highest BCUT2D eigenvalue weighted by Gasteiger charge is 2.22. The molecule has 0 radical (unpaired) electrons. The number of aromatic nitrogens is 3. The summed E-state index contributed by atoms with van der Waals surface area (Å²) in [6, 6.07) is 79.8. The fourth-order valence-electron chi connectivity index (χ4n) is 9.64. The minimum Gasteiger partial charge on any atom is -0.310 e. The van der Waals surface area contributed by atoms with Gasteiger partial charge in [0, 0.05) is 61.1 Å². The van der Waals surface area contributed by atoms with E-state index < -0.39 is 0 Å². The van der Waals surface area contributed by atoms with Gasteiger partial charge in [-0.15, -0.1) is 0 Å². The molecule has 0 spiro atoms. The first-order chi connectivity index (χ1) is 30.6. The molecule has 4 heteroatoms. The van der Waals surface area contributed by atoms with Crippen LogP contribution in [-0.2, 0) is 0 Å². The molecule has 0 bridgehead atoms. The molecule has 12 rings (SSSR count). The minimum absolute atomic E-state index is 1.09. The van der Waals surface area contributed by atoms with Crippen LogP contribution in [0.2, 0.25) is 0 Å². The van der Waals surface area contributed by atoms with Crippen molar-refractivity contribution in [1.29, 1.82) is 0 Å². The zero-order chi connectivity index (χ0) is 41.3. The van der Waals surface area contributed by atoms with Crippen LogP contribution >= 0.6 is 0 Å². The molecule has 0 amide bonds. The molecule has 0 unspecified atom stereocenters. The standard InChI is InChI=1S/C58H42N4/c1-39-21-26-44(27-22-39)59(48-34-36-55-52(38-48)50-18-10-11-19-53(50)60(55)46-28-23-40(2)24-29-46)45-30-32-47(33-31-45)61-54-20-12-9-17-49(54)51-35-25-42-37-56(41-13-5-3-6-14-41)62(57(42)58(51)61)43-15-7-4-8-16-43/h3-38H,1-2H3. The van der Waals surface area contributed by atoms with Crippen LogP contribution in [0.15, 0.2) is 218 Å². The van der Waals surface area contributed by atoms with E-state index in [1.165, 1.54) is 76.9 Å². The summed E-state index contributed by atoms with van der Waals surface area (Å²) in [5.41, 5.74) is 17.5. The third kappa shape index (κ3) is 5.68. The monoisotopic (exact) mass is 794 g/mol. The Balaban J connectivity index is 1.06. The van der Waals surface area contributed by atoms with Gasteiger partial charge >= 0.3 is 0 Å². The molecule has 0 aliphatic heterocycles. The average Bonchev–Trinajstić information content (AvgIpc) is 3.99. The number of benzene rings is 9. The smallest absolute Gasteiger partial charge is 0.0788 e. The van der Waals surface area contributed by atoms with E-state index in [2.05, 4.69) is 251 Å². The Labute approximate surface area is 360 Å². The van der Waals surface area contributed by atoms with E-state index in [-0.39, 0.29) is 0 Å². The van der Waals surface area contributed by atoms with Crippen LogP contribution in [0.1, 0.15) is 11.1 Å². The van der Waals surface area contributed by atoms with Gasteiger partial charge in [-0.25, -0.2) is 0 Å².